The molecule has 4 aromatic rings. The number of para-hydroxylation sites is 1. The molecular formula is C28H27N5O3S. The second-order valence-corrected chi connectivity index (χ2v) is 10.1. The van der Waals surface area contributed by atoms with Crippen LogP contribution in [-0.2, 0) is 11.4 Å². The number of pyridine rings is 2. The minimum atomic E-state index is -1.52. The second-order valence-electron chi connectivity index (χ2n) is 8.88. The summed E-state index contributed by atoms with van der Waals surface area (Å²) in [5, 5.41) is 0.922. The van der Waals surface area contributed by atoms with Gasteiger partial charge in [-0.05, 0) is 61.4 Å². The minimum absolute atomic E-state index is 0.0823. The molecule has 2 aromatic carbocycles. The Kier molecular flexibility index (Phi) is 7.34. The molecule has 1 aliphatic rings. The van der Waals surface area contributed by atoms with E-state index in [0.717, 1.165) is 10.9 Å². The number of benzene rings is 2. The van der Waals surface area contributed by atoms with E-state index in [2.05, 4.69) is 14.7 Å². The van der Waals surface area contributed by atoms with E-state index in [1.54, 1.807) is 58.6 Å². The van der Waals surface area contributed by atoms with Crippen LogP contribution in [0.2, 0.25) is 0 Å². The molecule has 188 valence electrons. The molecule has 5 rings (SSSR count). The van der Waals surface area contributed by atoms with Gasteiger partial charge >= 0.3 is 0 Å². The Hall–Kier alpha value is -3.95. The molecule has 1 fully saturated rings. The number of amides is 2. The number of rotatable bonds is 5. The van der Waals surface area contributed by atoms with E-state index in [1.165, 1.54) is 0 Å². The number of carbonyl (C=O) groups excluding carboxylic acids is 2. The molecule has 9 heteroatoms. The maximum absolute atomic E-state index is 13.3. The Balaban J connectivity index is 1.25. The summed E-state index contributed by atoms with van der Waals surface area (Å²) in [6, 6.07) is 20.0. The molecule has 0 radical (unpaired) electrons. The highest BCUT2D eigenvalue weighted by atomic mass is 32.2. The number of nitrogens with one attached hydrogen (secondary N) is 1. The Morgan fingerprint density at radius 2 is 1.62 bits per heavy atom. The van der Waals surface area contributed by atoms with Crippen molar-refractivity contribution in [3.63, 3.8) is 0 Å². The third-order valence-electron chi connectivity index (χ3n) is 6.43. The van der Waals surface area contributed by atoms with E-state index < -0.39 is 11.4 Å². The zero-order valence-corrected chi connectivity index (χ0v) is 21.3. The third kappa shape index (κ3) is 5.42. The summed E-state index contributed by atoms with van der Waals surface area (Å²) in [5.74, 6) is -0.197. The molecule has 1 unspecified atom stereocenters. The number of hydrogen-bond donors (Lipinski definition) is 1. The fraction of sp³-hybridized carbons (Fsp3) is 0.214. The fourth-order valence-corrected chi connectivity index (χ4v) is 5.54. The summed E-state index contributed by atoms with van der Waals surface area (Å²) in [5.41, 5.74) is 3.17. The Morgan fingerprint density at radius 3 is 2.38 bits per heavy atom. The standard InChI is InChI=1S/C28H27N5O3S/c1-20-19-22(11-12-23(20)31-37(36)25-10-4-7-21-8-5-14-30-26(21)25)27(34)32-15-6-16-33(18-17-32)28(35)24-9-2-3-13-29-24/h2-5,7-14,19,31H,6,15-18H2,1H3. The number of fused-ring (bicyclic) bond motifs is 1. The molecule has 2 aromatic heterocycles. The lowest BCUT2D eigenvalue weighted by atomic mass is 10.1. The third-order valence-corrected chi connectivity index (χ3v) is 7.56. The van der Waals surface area contributed by atoms with Gasteiger partial charge in [0.05, 0.1) is 5.69 Å². The van der Waals surface area contributed by atoms with Crippen molar-refractivity contribution in [2.24, 2.45) is 0 Å². The van der Waals surface area contributed by atoms with E-state index in [4.69, 9.17) is 0 Å². The molecule has 0 spiro atoms. The highest BCUT2D eigenvalue weighted by Crippen LogP contribution is 2.25. The van der Waals surface area contributed by atoms with Gasteiger partial charge < -0.3 is 14.4 Å². The van der Waals surface area contributed by atoms with Gasteiger partial charge in [-0.25, -0.2) is 4.72 Å². The number of carbonyl (C=O) groups is 2. The molecule has 0 aliphatic carbocycles. The van der Waals surface area contributed by atoms with E-state index >= 15 is 0 Å². The first-order chi connectivity index (χ1) is 18.0. The molecular weight excluding hydrogens is 486 g/mol. The Morgan fingerprint density at radius 1 is 0.865 bits per heavy atom. The molecule has 2 amide bonds. The summed E-state index contributed by atoms with van der Waals surface area (Å²) < 4.78 is 16.2. The van der Waals surface area contributed by atoms with Gasteiger partial charge in [0.25, 0.3) is 11.8 Å². The van der Waals surface area contributed by atoms with Crippen molar-refractivity contribution in [2.75, 3.05) is 30.9 Å². The van der Waals surface area contributed by atoms with Crippen molar-refractivity contribution in [3.8, 4) is 0 Å². The molecule has 1 N–H and O–H groups in total. The van der Waals surface area contributed by atoms with Gasteiger partial charge in [0.2, 0.25) is 4.90 Å². The first kappa shape index (κ1) is 24.7. The highest BCUT2D eigenvalue weighted by Gasteiger charge is 2.25. The summed E-state index contributed by atoms with van der Waals surface area (Å²) in [6.07, 6.45) is 3.99. The van der Waals surface area contributed by atoms with Crippen LogP contribution in [0.25, 0.3) is 10.9 Å². The van der Waals surface area contributed by atoms with Crippen molar-refractivity contribution in [1.82, 2.24) is 19.8 Å². The predicted molar refractivity (Wildman–Crippen MR) is 144 cm³/mol. The van der Waals surface area contributed by atoms with Gasteiger partial charge in [-0.1, -0.05) is 24.3 Å². The van der Waals surface area contributed by atoms with Crippen molar-refractivity contribution in [3.05, 3.63) is 95.9 Å². The van der Waals surface area contributed by atoms with Crippen LogP contribution in [0.5, 0.6) is 0 Å². The van der Waals surface area contributed by atoms with Crippen LogP contribution in [0, 0.1) is 6.92 Å². The van der Waals surface area contributed by atoms with Crippen molar-refractivity contribution >= 4 is 39.8 Å². The fourth-order valence-electron chi connectivity index (χ4n) is 4.45. The largest absolute Gasteiger partial charge is 0.588 e. The maximum Gasteiger partial charge on any atom is 0.272 e. The molecule has 0 bridgehead atoms. The monoisotopic (exact) mass is 513 g/mol. The second kappa shape index (κ2) is 11.0. The van der Waals surface area contributed by atoms with Crippen LogP contribution < -0.4 is 4.72 Å². The average molecular weight is 514 g/mol. The summed E-state index contributed by atoms with van der Waals surface area (Å²) >= 11 is -1.52. The van der Waals surface area contributed by atoms with Crippen LogP contribution in [0.1, 0.15) is 32.8 Å². The quantitative estimate of drug-likeness (QED) is 0.404. The topological polar surface area (TPSA) is 101 Å². The van der Waals surface area contributed by atoms with Crippen molar-refractivity contribution in [2.45, 2.75) is 18.2 Å². The van der Waals surface area contributed by atoms with Gasteiger partial charge in [-0.15, -0.1) is 0 Å². The molecule has 0 saturated carbocycles. The maximum atomic E-state index is 13.3. The van der Waals surface area contributed by atoms with Crippen molar-refractivity contribution in [1.29, 1.82) is 0 Å². The number of hydrogen-bond acceptors (Lipinski definition) is 6. The van der Waals surface area contributed by atoms with E-state index in [0.29, 0.717) is 60.0 Å². The van der Waals surface area contributed by atoms with Crippen LogP contribution in [0.4, 0.5) is 5.69 Å². The van der Waals surface area contributed by atoms with Gasteiger partial charge in [0, 0.05) is 49.5 Å². The number of anilines is 1. The SMILES string of the molecule is Cc1cc(C(=O)N2CCCN(C(=O)c3ccccn3)CC2)ccc1N[S+]([O-])c1cccc2cccnc12. The van der Waals surface area contributed by atoms with Gasteiger partial charge in [-0.2, -0.15) is 0 Å². The summed E-state index contributed by atoms with van der Waals surface area (Å²) in [4.78, 5) is 38.7. The van der Waals surface area contributed by atoms with Gasteiger partial charge in [-0.3, -0.25) is 19.6 Å². The summed E-state index contributed by atoms with van der Waals surface area (Å²) in [7, 11) is 0. The Labute approximate surface area is 218 Å². The number of nitrogens with zero attached hydrogens (tertiary/aromatic N) is 4. The van der Waals surface area contributed by atoms with Gasteiger partial charge in [0.15, 0.2) is 0 Å². The van der Waals surface area contributed by atoms with Crippen LogP contribution >= 0.6 is 0 Å². The molecule has 3 heterocycles. The van der Waals surface area contributed by atoms with Crippen molar-refractivity contribution < 1.29 is 14.1 Å². The van der Waals surface area contributed by atoms with Crippen LogP contribution in [0.3, 0.4) is 0 Å². The van der Waals surface area contributed by atoms with Crippen LogP contribution in [-0.4, -0.2) is 62.3 Å². The lowest BCUT2D eigenvalue weighted by molar-refractivity contribution is 0.0715. The predicted octanol–water partition coefficient (Wildman–Crippen LogP) is 4.06. The molecule has 1 saturated heterocycles. The molecule has 1 atom stereocenters. The molecule has 8 nitrogen and oxygen atoms in total. The van der Waals surface area contributed by atoms with E-state index in [1.807, 2.05) is 37.3 Å². The zero-order chi connectivity index (χ0) is 25.8. The Bertz CT molecular complexity index is 1430. The lowest BCUT2D eigenvalue weighted by Crippen LogP contribution is -2.37. The van der Waals surface area contributed by atoms with E-state index in [-0.39, 0.29) is 11.8 Å². The minimum Gasteiger partial charge on any atom is -0.588 e. The first-order valence-electron chi connectivity index (χ1n) is 12.1. The zero-order valence-electron chi connectivity index (χ0n) is 20.5. The lowest BCUT2D eigenvalue weighted by Gasteiger charge is -2.22. The highest BCUT2D eigenvalue weighted by molar-refractivity contribution is 7.93. The molecule has 37 heavy (non-hydrogen) atoms. The number of aryl methyl sites for hydroxylation is 1. The first-order valence-corrected chi connectivity index (χ1v) is 13.3. The average Bonchev–Trinajstić information content (AvgIpc) is 3.20. The van der Waals surface area contributed by atoms with E-state index in [9.17, 15) is 14.1 Å². The normalized spacial score (nSPS) is 14.8. The van der Waals surface area contributed by atoms with Gasteiger partial charge in [0.1, 0.15) is 22.6 Å². The molecule has 1 aliphatic heterocycles. The number of aromatic nitrogens is 2. The van der Waals surface area contributed by atoms with Crippen LogP contribution in [0.15, 0.2) is 84.0 Å². The summed E-state index contributed by atoms with van der Waals surface area (Å²) in [6.45, 7) is 3.94. The smallest absolute Gasteiger partial charge is 0.272 e.